The molecule has 3 fully saturated rings. The average molecular weight is 448 g/mol. The molecule has 0 spiro atoms. The molecule has 2 atom stereocenters. The lowest BCUT2D eigenvalue weighted by Crippen LogP contribution is -2.57. The molecule has 3 saturated heterocycles. The summed E-state index contributed by atoms with van der Waals surface area (Å²) in [5, 5.41) is 0. The molecule has 0 aromatic heterocycles. The van der Waals surface area contributed by atoms with Crippen molar-refractivity contribution >= 4 is 5.57 Å². The molecule has 3 heterocycles. The van der Waals surface area contributed by atoms with E-state index in [4.69, 9.17) is 0 Å². The Hall–Kier alpha value is -2.85. The van der Waals surface area contributed by atoms with Crippen molar-refractivity contribution in [1.29, 1.82) is 0 Å². The Labute approximate surface area is 193 Å². The Morgan fingerprint density at radius 3 is 1.94 bits per heavy atom. The molecule has 3 aromatic rings. The van der Waals surface area contributed by atoms with Crippen LogP contribution in [0.2, 0.25) is 0 Å². The van der Waals surface area contributed by atoms with Gasteiger partial charge in [-0.05, 0) is 66.2 Å². The van der Waals surface area contributed by atoms with Gasteiger partial charge in [0.2, 0.25) is 0 Å². The summed E-state index contributed by atoms with van der Waals surface area (Å²) in [4.78, 5) is 2.55. The second-order valence-corrected chi connectivity index (χ2v) is 9.29. The minimum absolute atomic E-state index is 0.0985. The van der Waals surface area contributed by atoms with Crippen LogP contribution in [0.5, 0.6) is 0 Å². The molecule has 3 aliphatic heterocycles. The number of benzene rings is 3. The van der Waals surface area contributed by atoms with Gasteiger partial charge in [-0.15, -0.1) is 0 Å². The fourth-order valence-corrected chi connectivity index (χ4v) is 5.99. The number of halogens is 3. The highest BCUT2D eigenvalue weighted by atomic mass is 19.4. The van der Waals surface area contributed by atoms with Gasteiger partial charge in [0.1, 0.15) is 0 Å². The maximum absolute atomic E-state index is 13.4. The lowest BCUT2D eigenvalue weighted by Gasteiger charge is -2.54. The first-order chi connectivity index (χ1) is 15.9. The smallest absolute Gasteiger partial charge is 0.299 e. The number of alkyl halides is 3. The highest BCUT2D eigenvalue weighted by Gasteiger charge is 2.47. The first kappa shape index (κ1) is 22.0. The van der Waals surface area contributed by atoms with Gasteiger partial charge in [-0.1, -0.05) is 79.4 Å². The van der Waals surface area contributed by atoms with E-state index in [1.807, 2.05) is 12.1 Å². The van der Waals surface area contributed by atoms with Crippen LogP contribution in [0, 0.1) is 11.8 Å². The largest absolute Gasteiger partial charge is 0.416 e. The summed E-state index contributed by atoms with van der Waals surface area (Å²) >= 11 is 0. The molecule has 33 heavy (non-hydrogen) atoms. The van der Waals surface area contributed by atoms with Crippen molar-refractivity contribution in [1.82, 2.24) is 4.90 Å². The van der Waals surface area contributed by atoms with E-state index < -0.39 is 11.7 Å². The van der Waals surface area contributed by atoms with Crippen LogP contribution >= 0.6 is 0 Å². The van der Waals surface area contributed by atoms with E-state index in [2.05, 4.69) is 60.0 Å². The van der Waals surface area contributed by atoms with Crippen LogP contribution in [0.25, 0.3) is 5.57 Å². The number of piperidine rings is 3. The number of hydrogen-bond acceptors (Lipinski definition) is 1. The molecule has 1 nitrogen and oxygen atoms in total. The summed E-state index contributed by atoms with van der Waals surface area (Å²) in [6, 6.07) is 26.9. The van der Waals surface area contributed by atoms with Crippen LogP contribution in [0.3, 0.4) is 0 Å². The normalized spacial score (nSPS) is 24.7. The third-order valence-electron chi connectivity index (χ3n) is 7.49. The van der Waals surface area contributed by atoms with E-state index in [0.717, 1.165) is 37.6 Å². The van der Waals surface area contributed by atoms with Crippen molar-refractivity contribution in [2.45, 2.75) is 31.0 Å². The average Bonchev–Trinajstić information content (AvgIpc) is 2.85. The Morgan fingerprint density at radius 2 is 1.39 bits per heavy atom. The van der Waals surface area contributed by atoms with E-state index in [-0.39, 0.29) is 17.9 Å². The summed E-state index contributed by atoms with van der Waals surface area (Å²) in [6.45, 7) is 6.47. The van der Waals surface area contributed by atoms with Gasteiger partial charge in [0.05, 0.1) is 5.56 Å². The molecule has 6 rings (SSSR count). The van der Waals surface area contributed by atoms with Crippen LogP contribution in [0.15, 0.2) is 91.5 Å². The van der Waals surface area contributed by atoms with Crippen LogP contribution in [-0.4, -0.2) is 24.0 Å². The first-order valence-corrected chi connectivity index (χ1v) is 11.6. The zero-order chi connectivity index (χ0) is 23.0. The Morgan fingerprint density at radius 1 is 0.818 bits per heavy atom. The first-order valence-electron chi connectivity index (χ1n) is 11.6. The monoisotopic (exact) mass is 447 g/mol. The molecule has 0 N–H and O–H groups in total. The van der Waals surface area contributed by atoms with Crippen LogP contribution in [0.4, 0.5) is 13.2 Å². The minimum atomic E-state index is -4.36. The highest BCUT2D eigenvalue weighted by Crippen LogP contribution is 2.50. The second-order valence-electron chi connectivity index (χ2n) is 9.29. The number of fused-ring (bicyclic) bond motifs is 3. The van der Waals surface area contributed by atoms with Crippen molar-refractivity contribution in [3.63, 3.8) is 0 Å². The molecule has 4 heteroatoms. The molecule has 170 valence electrons. The van der Waals surface area contributed by atoms with Gasteiger partial charge in [-0.25, -0.2) is 0 Å². The molecule has 3 aliphatic rings. The van der Waals surface area contributed by atoms with E-state index >= 15 is 0 Å². The number of nitrogens with zero attached hydrogens (tertiary/aromatic N) is 1. The molecule has 2 unspecified atom stereocenters. The Balaban J connectivity index is 1.60. The second kappa shape index (κ2) is 8.83. The molecule has 0 radical (unpaired) electrons. The third-order valence-corrected chi connectivity index (χ3v) is 7.49. The highest BCUT2D eigenvalue weighted by molar-refractivity contribution is 5.68. The van der Waals surface area contributed by atoms with Gasteiger partial charge in [0, 0.05) is 17.9 Å². The van der Waals surface area contributed by atoms with Crippen molar-refractivity contribution in [3.05, 3.63) is 114 Å². The molecule has 2 bridgehead atoms. The van der Waals surface area contributed by atoms with Crippen LogP contribution < -0.4 is 0 Å². The zero-order valence-corrected chi connectivity index (χ0v) is 18.5. The third kappa shape index (κ3) is 4.24. The Bertz CT molecular complexity index is 1060. The van der Waals surface area contributed by atoms with Gasteiger partial charge >= 0.3 is 6.18 Å². The van der Waals surface area contributed by atoms with Crippen molar-refractivity contribution in [2.75, 3.05) is 13.1 Å². The van der Waals surface area contributed by atoms with E-state index in [0.29, 0.717) is 11.5 Å². The summed E-state index contributed by atoms with van der Waals surface area (Å²) < 4.78 is 40.3. The molecule has 0 aliphatic carbocycles. The standard InChI is InChI=1S/C29H28F3N/c1-20(24-13-8-14-25(19-24)29(30,31)32)26-23-15-17-33(18-16-23)28(26)27(21-9-4-2-5-10-21)22-11-6-3-7-12-22/h2-14,19,23,26-28H,1,15-18H2. The molecule has 3 aromatic carbocycles. The van der Waals surface area contributed by atoms with Crippen LogP contribution in [0.1, 0.15) is 41.0 Å². The van der Waals surface area contributed by atoms with Gasteiger partial charge < -0.3 is 0 Å². The lowest BCUT2D eigenvalue weighted by molar-refractivity contribution is -0.137. The lowest BCUT2D eigenvalue weighted by atomic mass is 9.64. The van der Waals surface area contributed by atoms with Gasteiger partial charge in [0.25, 0.3) is 0 Å². The quantitative estimate of drug-likeness (QED) is 0.398. The molecule has 0 amide bonds. The molecular formula is C29H28F3N. The predicted octanol–water partition coefficient (Wildman–Crippen LogP) is 7.26. The predicted molar refractivity (Wildman–Crippen MR) is 127 cm³/mol. The van der Waals surface area contributed by atoms with Gasteiger partial charge in [-0.2, -0.15) is 13.2 Å². The summed E-state index contributed by atoms with van der Waals surface area (Å²) in [5.74, 6) is 0.654. The maximum Gasteiger partial charge on any atom is 0.416 e. The fraction of sp³-hybridized carbons (Fsp3) is 0.310. The summed E-state index contributed by atoms with van der Waals surface area (Å²) in [6.07, 6.45) is -2.23. The van der Waals surface area contributed by atoms with Crippen molar-refractivity contribution in [2.24, 2.45) is 11.8 Å². The van der Waals surface area contributed by atoms with Gasteiger partial charge in [-0.3, -0.25) is 4.90 Å². The topological polar surface area (TPSA) is 3.24 Å². The van der Waals surface area contributed by atoms with Crippen LogP contribution in [-0.2, 0) is 6.18 Å². The SMILES string of the molecule is C=C(c1cccc(C(F)(F)F)c1)C1C2CCN(CC2)C1C(c1ccccc1)c1ccccc1. The number of hydrogen-bond donors (Lipinski definition) is 0. The molecular weight excluding hydrogens is 419 g/mol. The van der Waals surface area contributed by atoms with E-state index in [1.165, 1.54) is 23.3 Å². The summed E-state index contributed by atoms with van der Waals surface area (Å²) in [5.41, 5.74) is 3.30. The van der Waals surface area contributed by atoms with Crippen molar-refractivity contribution < 1.29 is 13.2 Å². The summed E-state index contributed by atoms with van der Waals surface area (Å²) in [7, 11) is 0. The van der Waals surface area contributed by atoms with E-state index in [9.17, 15) is 13.2 Å². The minimum Gasteiger partial charge on any atom is -0.299 e. The maximum atomic E-state index is 13.4. The Kier molecular flexibility index (Phi) is 5.88. The van der Waals surface area contributed by atoms with Crippen molar-refractivity contribution in [3.8, 4) is 0 Å². The van der Waals surface area contributed by atoms with Gasteiger partial charge in [0.15, 0.2) is 0 Å². The molecule has 0 saturated carbocycles. The van der Waals surface area contributed by atoms with E-state index in [1.54, 1.807) is 6.07 Å². The fourth-order valence-electron chi connectivity index (χ4n) is 5.99. The number of rotatable bonds is 5. The zero-order valence-electron chi connectivity index (χ0n) is 18.5.